The lowest BCUT2D eigenvalue weighted by Crippen LogP contribution is -2.46. The molecule has 1 heterocycles. The number of nitrogens with zero attached hydrogens (tertiary/aromatic N) is 2. The van der Waals surface area contributed by atoms with Gasteiger partial charge in [-0.15, -0.1) is 5.92 Å². The van der Waals surface area contributed by atoms with Crippen molar-refractivity contribution in [3.63, 3.8) is 0 Å². The number of carbonyl (C=O) groups is 1. The Morgan fingerprint density at radius 3 is 2.17 bits per heavy atom. The zero-order chi connectivity index (χ0) is 25.3. The zero-order valence-corrected chi connectivity index (χ0v) is 20.8. The molecule has 0 saturated carbocycles. The first kappa shape index (κ1) is 25.0. The molecule has 1 saturated heterocycles. The number of carboxylic acids is 1. The molecular formula is C30H32N2O4. The molecule has 0 amide bonds. The van der Waals surface area contributed by atoms with Gasteiger partial charge in [-0.25, -0.2) is 0 Å². The van der Waals surface area contributed by atoms with Gasteiger partial charge >= 0.3 is 5.97 Å². The standard InChI is InChI=1S/C30H32N2O4/c1-3-5-25(21-30(33)34)24-8-12-29(13-9-24)36-22-23-6-4-7-27(20-23)32-18-16-31(17-19-32)26-10-14-28(35-2)15-11-26/h4,6-15,20,25H,16-19,21-22H2,1-2H3,(H,33,34). The van der Waals surface area contributed by atoms with Crippen molar-refractivity contribution in [3.8, 4) is 23.3 Å². The molecule has 4 rings (SSSR count). The number of methoxy groups -OCH3 is 1. The van der Waals surface area contributed by atoms with E-state index in [9.17, 15) is 4.79 Å². The van der Waals surface area contributed by atoms with E-state index < -0.39 is 5.97 Å². The monoisotopic (exact) mass is 484 g/mol. The summed E-state index contributed by atoms with van der Waals surface area (Å²) in [5, 5.41) is 9.13. The van der Waals surface area contributed by atoms with Crippen LogP contribution in [0.5, 0.6) is 11.5 Å². The highest BCUT2D eigenvalue weighted by Crippen LogP contribution is 2.25. The van der Waals surface area contributed by atoms with Crippen molar-refractivity contribution in [2.24, 2.45) is 0 Å². The largest absolute Gasteiger partial charge is 0.497 e. The van der Waals surface area contributed by atoms with Gasteiger partial charge in [-0.2, -0.15) is 0 Å². The van der Waals surface area contributed by atoms with Gasteiger partial charge in [0.2, 0.25) is 0 Å². The molecule has 1 aliphatic rings. The molecular weight excluding hydrogens is 452 g/mol. The number of hydrogen-bond donors (Lipinski definition) is 1. The van der Waals surface area contributed by atoms with Gasteiger partial charge in [-0.1, -0.05) is 30.2 Å². The van der Waals surface area contributed by atoms with Crippen molar-refractivity contribution in [1.29, 1.82) is 0 Å². The molecule has 0 bridgehead atoms. The Kier molecular flexibility index (Phi) is 8.36. The molecule has 0 aromatic heterocycles. The van der Waals surface area contributed by atoms with E-state index in [0.717, 1.165) is 48.8 Å². The number of ether oxygens (including phenoxy) is 2. The van der Waals surface area contributed by atoms with Gasteiger partial charge in [0.25, 0.3) is 0 Å². The Labute approximate surface area is 213 Å². The van der Waals surface area contributed by atoms with Crippen LogP contribution in [0.1, 0.15) is 30.4 Å². The molecule has 36 heavy (non-hydrogen) atoms. The number of anilines is 2. The van der Waals surface area contributed by atoms with E-state index in [2.05, 4.69) is 58.0 Å². The van der Waals surface area contributed by atoms with Crippen molar-refractivity contribution in [2.75, 3.05) is 43.1 Å². The number of aliphatic carboxylic acids is 1. The first-order chi connectivity index (χ1) is 17.6. The predicted molar refractivity (Wildman–Crippen MR) is 143 cm³/mol. The first-order valence-corrected chi connectivity index (χ1v) is 12.2. The molecule has 186 valence electrons. The molecule has 3 aromatic carbocycles. The highest BCUT2D eigenvalue weighted by molar-refractivity contribution is 5.69. The molecule has 6 nitrogen and oxygen atoms in total. The van der Waals surface area contributed by atoms with Crippen LogP contribution < -0.4 is 19.3 Å². The van der Waals surface area contributed by atoms with Gasteiger partial charge in [0.15, 0.2) is 0 Å². The van der Waals surface area contributed by atoms with Gasteiger partial charge in [0.1, 0.15) is 18.1 Å². The molecule has 0 radical (unpaired) electrons. The van der Waals surface area contributed by atoms with Gasteiger partial charge in [-0.3, -0.25) is 4.79 Å². The SMILES string of the molecule is CC#CC(CC(=O)O)c1ccc(OCc2cccc(N3CCN(c4ccc(OC)cc4)CC3)c2)cc1. The lowest BCUT2D eigenvalue weighted by Gasteiger charge is -2.37. The second-order valence-corrected chi connectivity index (χ2v) is 8.74. The van der Waals surface area contributed by atoms with E-state index in [-0.39, 0.29) is 12.3 Å². The smallest absolute Gasteiger partial charge is 0.304 e. The lowest BCUT2D eigenvalue weighted by molar-refractivity contribution is -0.137. The van der Waals surface area contributed by atoms with Gasteiger partial charge in [0.05, 0.1) is 19.4 Å². The van der Waals surface area contributed by atoms with Crippen molar-refractivity contribution in [1.82, 2.24) is 0 Å². The van der Waals surface area contributed by atoms with Crippen LogP contribution in [-0.2, 0) is 11.4 Å². The van der Waals surface area contributed by atoms with Crippen LogP contribution in [0.3, 0.4) is 0 Å². The van der Waals surface area contributed by atoms with Crippen LogP contribution in [0.2, 0.25) is 0 Å². The van der Waals surface area contributed by atoms with Crippen LogP contribution in [-0.4, -0.2) is 44.4 Å². The molecule has 0 aliphatic carbocycles. The predicted octanol–water partition coefficient (Wildman–Crippen LogP) is 5.18. The molecule has 6 heteroatoms. The van der Waals surface area contributed by atoms with Crippen LogP contribution in [0.4, 0.5) is 11.4 Å². The molecule has 3 aromatic rings. The number of rotatable bonds is 9. The maximum atomic E-state index is 11.1. The quantitative estimate of drug-likeness (QED) is 0.422. The van der Waals surface area contributed by atoms with Crippen LogP contribution in [0, 0.1) is 11.8 Å². The Balaban J connectivity index is 1.32. The van der Waals surface area contributed by atoms with E-state index in [4.69, 9.17) is 14.6 Å². The number of hydrogen-bond acceptors (Lipinski definition) is 5. The maximum Gasteiger partial charge on any atom is 0.304 e. The summed E-state index contributed by atoms with van der Waals surface area (Å²) < 4.78 is 11.3. The minimum atomic E-state index is -0.856. The molecule has 1 fully saturated rings. The second kappa shape index (κ2) is 12.0. The van der Waals surface area contributed by atoms with E-state index in [0.29, 0.717) is 6.61 Å². The fourth-order valence-corrected chi connectivity index (χ4v) is 4.42. The average molecular weight is 485 g/mol. The third-order valence-electron chi connectivity index (χ3n) is 6.38. The average Bonchev–Trinajstić information content (AvgIpc) is 2.92. The summed E-state index contributed by atoms with van der Waals surface area (Å²) in [6.07, 6.45) is -0.0117. The second-order valence-electron chi connectivity index (χ2n) is 8.74. The van der Waals surface area contributed by atoms with Crippen LogP contribution >= 0.6 is 0 Å². The number of carboxylic acid groups (broad SMARTS) is 1. The maximum absolute atomic E-state index is 11.1. The van der Waals surface area contributed by atoms with Crippen molar-refractivity contribution >= 4 is 17.3 Å². The summed E-state index contributed by atoms with van der Waals surface area (Å²) in [6, 6.07) is 24.3. The van der Waals surface area contributed by atoms with Crippen LogP contribution in [0.15, 0.2) is 72.8 Å². The third-order valence-corrected chi connectivity index (χ3v) is 6.38. The fraction of sp³-hybridized carbons (Fsp3) is 0.300. The lowest BCUT2D eigenvalue weighted by atomic mass is 9.96. The molecule has 1 atom stereocenters. The summed E-state index contributed by atoms with van der Waals surface area (Å²) in [5.74, 6) is 6.25. The number of piperazine rings is 1. The first-order valence-electron chi connectivity index (χ1n) is 12.2. The van der Waals surface area contributed by atoms with E-state index in [1.165, 1.54) is 11.4 Å². The molecule has 1 N–H and O–H groups in total. The summed E-state index contributed by atoms with van der Waals surface area (Å²) in [4.78, 5) is 15.9. The van der Waals surface area contributed by atoms with E-state index in [1.807, 2.05) is 36.4 Å². The van der Waals surface area contributed by atoms with Gasteiger partial charge in [-0.05, 0) is 66.6 Å². The van der Waals surface area contributed by atoms with Crippen molar-refractivity contribution in [2.45, 2.75) is 25.9 Å². The zero-order valence-electron chi connectivity index (χ0n) is 20.8. The Bertz CT molecular complexity index is 1200. The summed E-state index contributed by atoms with van der Waals surface area (Å²) in [5.41, 5.74) is 4.42. The Hall–Kier alpha value is -4.11. The fourth-order valence-electron chi connectivity index (χ4n) is 4.42. The van der Waals surface area contributed by atoms with Crippen molar-refractivity contribution < 1.29 is 19.4 Å². The van der Waals surface area contributed by atoms with E-state index in [1.54, 1.807) is 14.0 Å². The van der Waals surface area contributed by atoms with Gasteiger partial charge in [0, 0.05) is 37.6 Å². The van der Waals surface area contributed by atoms with Gasteiger partial charge < -0.3 is 24.4 Å². The normalized spacial score (nSPS) is 13.9. The highest BCUT2D eigenvalue weighted by Gasteiger charge is 2.18. The van der Waals surface area contributed by atoms with Crippen molar-refractivity contribution in [3.05, 3.63) is 83.9 Å². The highest BCUT2D eigenvalue weighted by atomic mass is 16.5. The summed E-state index contributed by atoms with van der Waals surface area (Å²) in [7, 11) is 1.69. The molecule has 1 aliphatic heterocycles. The molecule has 1 unspecified atom stereocenters. The number of benzene rings is 3. The van der Waals surface area contributed by atoms with E-state index >= 15 is 0 Å². The minimum Gasteiger partial charge on any atom is -0.497 e. The Morgan fingerprint density at radius 1 is 0.917 bits per heavy atom. The summed E-state index contributed by atoms with van der Waals surface area (Å²) in [6.45, 7) is 6.02. The third kappa shape index (κ3) is 6.51. The molecule has 0 spiro atoms. The topological polar surface area (TPSA) is 62.2 Å². The summed E-state index contributed by atoms with van der Waals surface area (Å²) >= 11 is 0. The minimum absolute atomic E-state index is 0.0117. The van der Waals surface area contributed by atoms with Crippen LogP contribution in [0.25, 0.3) is 0 Å². The Morgan fingerprint density at radius 2 is 1.56 bits per heavy atom.